The molecule has 5 nitrogen and oxygen atoms in total. The van der Waals surface area contributed by atoms with Crippen molar-refractivity contribution in [2.24, 2.45) is 5.92 Å². The number of alkyl halides is 1. The summed E-state index contributed by atoms with van der Waals surface area (Å²) in [7, 11) is 0. The van der Waals surface area contributed by atoms with Crippen molar-refractivity contribution in [1.82, 2.24) is 0 Å². The molecule has 6 heteroatoms. The summed E-state index contributed by atoms with van der Waals surface area (Å²) in [6.45, 7) is 5.23. The molecule has 0 heterocycles. The smallest absolute Gasteiger partial charge is 0.273 e. The van der Waals surface area contributed by atoms with E-state index in [0.29, 0.717) is 17.4 Å². The van der Waals surface area contributed by atoms with Crippen LogP contribution >= 0.6 is 15.9 Å². The summed E-state index contributed by atoms with van der Waals surface area (Å²) in [5, 5.41) is 20.2. The summed E-state index contributed by atoms with van der Waals surface area (Å²) >= 11 is 3.27. The van der Waals surface area contributed by atoms with Gasteiger partial charge >= 0.3 is 0 Å². The Morgan fingerprint density at radius 1 is 1.58 bits per heavy atom. The van der Waals surface area contributed by atoms with E-state index in [9.17, 15) is 10.1 Å². The van der Waals surface area contributed by atoms with Crippen molar-refractivity contribution in [1.29, 1.82) is 5.26 Å². The summed E-state index contributed by atoms with van der Waals surface area (Å²) in [6.07, 6.45) is 0. The topological polar surface area (TPSA) is 70.2 Å². The summed E-state index contributed by atoms with van der Waals surface area (Å²) in [5.41, 5.74) is 1.67. The Kier molecular flexibility index (Phi) is 5.77. The fraction of sp³-hybridized carbons (Fsp3) is 0.462. The highest BCUT2D eigenvalue weighted by Crippen LogP contribution is 2.27. The molecule has 0 fully saturated rings. The molecule has 1 unspecified atom stereocenters. The Labute approximate surface area is 121 Å². The number of hydrogen-bond acceptors (Lipinski definition) is 4. The second-order valence-electron chi connectivity index (χ2n) is 4.27. The van der Waals surface area contributed by atoms with Crippen molar-refractivity contribution >= 4 is 27.3 Å². The predicted octanol–water partition coefficient (Wildman–Crippen LogP) is 3.48. The number of nitriles is 1. The highest BCUT2D eigenvalue weighted by atomic mass is 79.9. The summed E-state index contributed by atoms with van der Waals surface area (Å²) in [4.78, 5) is 12.5. The second-order valence-corrected chi connectivity index (χ2v) is 4.83. The number of nitro benzene ring substituents is 1. The van der Waals surface area contributed by atoms with Crippen LogP contribution < -0.4 is 4.90 Å². The van der Waals surface area contributed by atoms with E-state index in [0.717, 1.165) is 12.2 Å². The molecule has 0 spiro atoms. The molecular weight excluding hydrogens is 310 g/mol. The number of rotatable bonds is 6. The Bertz CT molecular complexity index is 499. The number of nitrogens with zero attached hydrogens (tertiary/aromatic N) is 3. The van der Waals surface area contributed by atoms with Crippen molar-refractivity contribution in [3.63, 3.8) is 0 Å². The Morgan fingerprint density at radius 3 is 2.74 bits per heavy atom. The Balaban J connectivity index is 3.06. The van der Waals surface area contributed by atoms with Gasteiger partial charge in [0.15, 0.2) is 0 Å². The van der Waals surface area contributed by atoms with Crippen LogP contribution in [0, 0.1) is 27.4 Å². The van der Waals surface area contributed by atoms with Gasteiger partial charge in [-0.3, -0.25) is 10.1 Å². The number of hydrogen-bond donors (Lipinski definition) is 0. The zero-order valence-electron chi connectivity index (χ0n) is 11.0. The van der Waals surface area contributed by atoms with Gasteiger partial charge in [0.2, 0.25) is 0 Å². The van der Waals surface area contributed by atoms with Gasteiger partial charge in [0.1, 0.15) is 0 Å². The van der Waals surface area contributed by atoms with Crippen molar-refractivity contribution in [2.75, 3.05) is 18.0 Å². The fourth-order valence-corrected chi connectivity index (χ4v) is 2.29. The molecule has 102 valence electrons. The lowest BCUT2D eigenvalue weighted by Gasteiger charge is -2.24. The van der Waals surface area contributed by atoms with Crippen LogP contribution in [0.2, 0.25) is 0 Å². The average Bonchev–Trinajstić information content (AvgIpc) is 2.43. The molecule has 1 aromatic rings. The van der Waals surface area contributed by atoms with Gasteiger partial charge < -0.3 is 4.90 Å². The van der Waals surface area contributed by atoms with Gasteiger partial charge in [0, 0.05) is 35.7 Å². The maximum Gasteiger partial charge on any atom is 0.273 e. The van der Waals surface area contributed by atoms with Gasteiger partial charge in [-0.2, -0.15) is 5.26 Å². The van der Waals surface area contributed by atoms with Gasteiger partial charge in [0.25, 0.3) is 5.69 Å². The third-order valence-electron chi connectivity index (χ3n) is 2.87. The normalized spacial score (nSPS) is 11.7. The lowest BCUT2D eigenvalue weighted by molar-refractivity contribution is -0.385. The zero-order chi connectivity index (χ0) is 14.4. The summed E-state index contributed by atoms with van der Waals surface area (Å²) in [5.74, 6) is -0.0810. The van der Waals surface area contributed by atoms with Gasteiger partial charge in [0.05, 0.1) is 16.9 Å². The molecular formula is C13H16BrN3O2. The molecule has 0 radical (unpaired) electrons. The van der Waals surface area contributed by atoms with Gasteiger partial charge in [-0.05, 0) is 26.0 Å². The molecule has 1 aromatic carbocycles. The van der Waals surface area contributed by atoms with E-state index in [-0.39, 0.29) is 16.5 Å². The predicted molar refractivity (Wildman–Crippen MR) is 78.4 cm³/mol. The van der Waals surface area contributed by atoms with Crippen LogP contribution in [0.3, 0.4) is 0 Å². The van der Waals surface area contributed by atoms with Gasteiger partial charge in [-0.15, -0.1) is 0 Å². The standard InChI is InChI=1S/C13H16BrN3O2/c1-3-16(9-10(2)8-15)12-4-5-13(17(18)19)11(6-12)7-14/h4-6,10H,3,7,9H2,1-2H3. The Hall–Kier alpha value is -1.61. The van der Waals surface area contributed by atoms with E-state index in [4.69, 9.17) is 5.26 Å². The van der Waals surface area contributed by atoms with E-state index >= 15 is 0 Å². The zero-order valence-corrected chi connectivity index (χ0v) is 12.6. The minimum absolute atomic E-state index is 0.0810. The first kappa shape index (κ1) is 15.4. The largest absolute Gasteiger partial charge is 0.370 e. The highest BCUT2D eigenvalue weighted by Gasteiger charge is 2.16. The quantitative estimate of drug-likeness (QED) is 0.456. The second kappa shape index (κ2) is 7.10. The maximum absolute atomic E-state index is 10.9. The first-order valence-corrected chi connectivity index (χ1v) is 7.13. The van der Waals surface area contributed by atoms with Crippen LogP contribution in [0.1, 0.15) is 19.4 Å². The van der Waals surface area contributed by atoms with E-state index in [1.165, 1.54) is 6.07 Å². The fourth-order valence-electron chi connectivity index (χ4n) is 1.84. The lowest BCUT2D eigenvalue weighted by atomic mass is 10.1. The molecule has 0 aliphatic heterocycles. The summed E-state index contributed by atoms with van der Waals surface area (Å²) < 4.78 is 0. The molecule has 1 rings (SSSR count). The van der Waals surface area contributed by atoms with Crippen molar-refractivity contribution in [2.45, 2.75) is 19.2 Å². The third-order valence-corrected chi connectivity index (χ3v) is 3.47. The van der Waals surface area contributed by atoms with Crippen molar-refractivity contribution in [3.8, 4) is 6.07 Å². The van der Waals surface area contributed by atoms with Crippen molar-refractivity contribution < 1.29 is 4.92 Å². The monoisotopic (exact) mass is 325 g/mol. The van der Waals surface area contributed by atoms with E-state index in [1.54, 1.807) is 12.1 Å². The minimum Gasteiger partial charge on any atom is -0.370 e. The minimum atomic E-state index is -0.380. The molecule has 0 aliphatic rings. The van der Waals surface area contributed by atoms with Crippen molar-refractivity contribution in [3.05, 3.63) is 33.9 Å². The SMILES string of the molecule is CCN(CC(C)C#N)c1ccc([N+](=O)[O-])c(CBr)c1. The number of anilines is 1. The lowest BCUT2D eigenvalue weighted by Crippen LogP contribution is -2.27. The molecule has 0 aromatic heterocycles. The molecule has 19 heavy (non-hydrogen) atoms. The molecule has 0 aliphatic carbocycles. The van der Waals surface area contributed by atoms with Gasteiger partial charge in [-0.1, -0.05) is 15.9 Å². The third kappa shape index (κ3) is 3.93. The molecule has 0 amide bonds. The van der Waals surface area contributed by atoms with E-state index in [1.807, 2.05) is 18.7 Å². The van der Waals surface area contributed by atoms with Gasteiger partial charge in [-0.25, -0.2) is 0 Å². The molecule has 1 atom stereocenters. The van der Waals surface area contributed by atoms with E-state index in [2.05, 4.69) is 22.0 Å². The van der Waals surface area contributed by atoms with Crippen LogP contribution in [-0.2, 0) is 5.33 Å². The number of benzene rings is 1. The molecule has 0 bridgehead atoms. The number of nitro groups is 1. The van der Waals surface area contributed by atoms with Crippen LogP contribution in [0.4, 0.5) is 11.4 Å². The Morgan fingerprint density at radius 2 is 2.26 bits per heavy atom. The molecule has 0 N–H and O–H groups in total. The van der Waals surface area contributed by atoms with Crippen LogP contribution in [0.5, 0.6) is 0 Å². The van der Waals surface area contributed by atoms with Crippen LogP contribution in [-0.4, -0.2) is 18.0 Å². The van der Waals surface area contributed by atoms with E-state index < -0.39 is 0 Å². The first-order chi connectivity index (χ1) is 9.03. The maximum atomic E-state index is 10.9. The highest BCUT2D eigenvalue weighted by molar-refractivity contribution is 9.08. The first-order valence-electron chi connectivity index (χ1n) is 6.01. The summed E-state index contributed by atoms with van der Waals surface area (Å²) in [6, 6.07) is 7.26. The average molecular weight is 326 g/mol. The van der Waals surface area contributed by atoms with Crippen LogP contribution in [0.25, 0.3) is 0 Å². The molecule has 0 saturated heterocycles. The number of halogens is 1. The molecule has 0 saturated carbocycles. The van der Waals surface area contributed by atoms with Crippen LogP contribution in [0.15, 0.2) is 18.2 Å².